The molecule has 2 aromatic carbocycles. The van der Waals surface area contributed by atoms with Crippen LogP contribution in [-0.4, -0.2) is 23.3 Å². The number of carbonyl (C=O) groups is 1. The number of hydrogen-bond acceptors (Lipinski definition) is 5. The fraction of sp³-hybridized carbons (Fsp3) is 0.364. The fourth-order valence-electron chi connectivity index (χ4n) is 3.45. The Bertz CT molecular complexity index is 958. The second kappa shape index (κ2) is 6.96. The average Bonchev–Trinajstić information content (AvgIpc) is 2.68. The number of benzene rings is 2. The number of rotatable bonds is 3. The molecule has 5 nitrogen and oxygen atoms in total. The largest absolute Gasteiger partial charge is 0.507 e. The van der Waals surface area contributed by atoms with E-state index in [0.29, 0.717) is 17.7 Å². The minimum absolute atomic E-state index is 0.0868. The van der Waals surface area contributed by atoms with Crippen molar-refractivity contribution < 1.29 is 19.4 Å². The number of fused-ring (bicyclic) bond motifs is 1. The van der Waals surface area contributed by atoms with E-state index in [1.807, 2.05) is 33.8 Å². The molecule has 0 saturated carbocycles. The van der Waals surface area contributed by atoms with E-state index in [-0.39, 0.29) is 12.2 Å². The third-order valence-corrected chi connectivity index (χ3v) is 5.37. The van der Waals surface area contributed by atoms with Crippen molar-refractivity contribution in [1.29, 1.82) is 5.26 Å². The summed E-state index contributed by atoms with van der Waals surface area (Å²) in [5.41, 5.74) is 3.44. The van der Waals surface area contributed by atoms with Gasteiger partial charge in [-0.15, -0.1) is 0 Å². The van der Waals surface area contributed by atoms with Gasteiger partial charge >= 0.3 is 5.97 Å². The van der Waals surface area contributed by atoms with Gasteiger partial charge < -0.3 is 14.6 Å². The van der Waals surface area contributed by atoms with Gasteiger partial charge in [0.25, 0.3) is 0 Å². The molecule has 0 amide bonds. The molecule has 1 N–H and O–H groups in total. The fourth-order valence-corrected chi connectivity index (χ4v) is 3.45. The molecule has 0 radical (unpaired) electrons. The van der Waals surface area contributed by atoms with Crippen molar-refractivity contribution in [2.24, 2.45) is 0 Å². The maximum absolute atomic E-state index is 12.4. The van der Waals surface area contributed by atoms with E-state index in [4.69, 9.17) is 14.7 Å². The van der Waals surface area contributed by atoms with Crippen molar-refractivity contribution in [3.63, 3.8) is 0 Å². The second-order valence-corrected chi connectivity index (χ2v) is 7.32. The van der Waals surface area contributed by atoms with Gasteiger partial charge in [-0.25, -0.2) is 4.79 Å². The summed E-state index contributed by atoms with van der Waals surface area (Å²) in [7, 11) is 0. The quantitative estimate of drug-likeness (QED) is 0.827. The number of hydrogen-bond donors (Lipinski definition) is 1. The molecule has 5 heteroatoms. The molecule has 0 aromatic heterocycles. The average molecular weight is 365 g/mol. The Morgan fingerprint density at radius 1 is 1.26 bits per heavy atom. The normalized spacial score (nSPS) is 18.2. The lowest BCUT2D eigenvalue weighted by Gasteiger charge is -2.37. The lowest BCUT2D eigenvalue weighted by Crippen LogP contribution is -2.42. The third kappa shape index (κ3) is 3.35. The zero-order valence-electron chi connectivity index (χ0n) is 16.0. The zero-order valence-corrected chi connectivity index (χ0v) is 16.0. The van der Waals surface area contributed by atoms with Crippen LogP contribution >= 0.6 is 0 Å². The third-order valence-electron chi connectivity index (χ3n) is 5.37. The van der Waals surface area contributed by atoms with Crippen molar-refractivity contribution >= 4 is 5.97 Å². The minimum atomic E-state index is -0.662. The molecule has 0 aliphatic carbocycles. The summed E-state index contributed by atoms with van der Waals surface area (Å²) in [6, 6.07) is 8.59. The van der Waals surface area contributed by atoms with E-state index in [9.17, 15) is 9.90 Å². The number of phenols is 1. The molecule has 27 heavy (non-hydrogen) atoms. The Hall–Kier alpha value is -3.00. The molecule has 2 aromatic rings. The summed E-state index contributed by atoms with van der Waals surface area (Å²) < 4.78 is 11.7. The highest BCUT2D eigenvalue weighted by molar-refractivity contribution is 5.92. The van der Waals surface area contributed by atoms with Crippen LogP contribution in [0.15, 0.2) is 24.3 Å². The van der Waals surface area contributed by atoms with Crippen LogP contribution in [0.5, 0.6) is 11.5 Å². The smallest absolute Gasteiger partial charge is 0.339 e. The molecule has 0 bridgehead atoms. The number of ether oxygens (including phenoxy) is 2. The monoisotopic (exact) mass is 365 g/mol. The lowest BCUT2D eigenvalue weighted by atomic mass is 9.87. The predicted octanol–water partition coefficient (Wildman–Crippen LogP) is 4.13. The Morgan fingerprint density at radius 3 is 2.67 bits per heavy atom. The molecule has 1 aliphatic rings. The number of nitriles is 1. The maximum atomic E-state index is 12.4. The van der Waals surface area contributed by atoms with Crippen LogP contribution < -0.4 is 4.74 Å². The van der Waals surface area contributed by atoms with Crippen LogP contribution in [0.4, 0.5) is 0 Å². The van der Waals surface area contributed by atoms with Crippen LogP contribution in [0, 0.1) is 32.1 Å². The highest BCUT2D eigenvalue weighted by Crippen LogP contribution is 2.43. The van der Waals surface area contributed by atoms with Crippen molar-refractivity contribution in [3.05, 3.63) is 57.6 Å². The van der Waals surface area contributed by atoms with Crippen LogP contribution in [0.25, 0.3) is 0 Å². The molecule has 1 heterocycles. The molecule has 3 rings (SSSR count). The first-order valence-corrected chi connectivity index (χ1v) is 8.94. The van der Waals surface area contributed by atoms with Crippen molar-refractivity contribution in [1.82, 2.24) is 0 Å². The highest BCUT2D eigenvalue weighted by atomic mass is 16.6. The Balaban J connectivity index is 1.80. The van der Waals surface area contributed by atoms with Gasteiger partial charge in [-0.2, -0.15) is 5.26 Å². The Morgan fingerprint density at radius 2 is 1.96 bits per heavy atom. The van der Waals surface area contributed by atoms with Gasteiger partial charge in [0, 0.05) is 5.56 Å². The summed E-state index contributed by atoms with van der Waals surface area (Å²) in [6.07, 6.45) is 1.40. The molecule has 1 aliphatic heterocycles. The lowest BCUT2D eigenvalue weighted by molar-refractivity contribution is -0.0164. The molecule has 1 atom stereocenters. The van der Waals surface area contributed by atoms with Crippen LogP contribution in [0.1, 0.15) is 51.5 Å². The molecule has 140 valence electrons. The van der Waals surface area contributed by atoms with Crippen LogP contribution in [0.3, 0.4) is 0 Å². The van der Waals surface area contributed by atoms with E-state index in [1.165, 1.54) is 0 Å². The molecule has 0 spiro atoms. The SMILES string of the molecule is Cc1c(C)c2c(c(C)c1O)CCC(C)(COC(=O)c1ccccc1C#N)O2. The predicted molar refractivity (Wildman–Crippen MR) is 101 cm³/mol. The summed E-state index contributed by atoms with van der Waals surface area (Å²) in [4.78, 5) is 12.4. The molecular formula is C22H23NO4. The Kier molecular flexibility index (Phi) is 4.84. The van der Waals surface area contributed by atoms with E-state index < -0.39 is 11.6 Å². The number of esters is 1. The van der Waals surface area contributed by atoms with Gasteiger partial charge in [0.2, 0.25) is 0 Å². The van der Waals surface area contributed by atoms with E-state index in [1.54, 1.807) is 24.3 Å². The molecule has 0 fully saturated rings. The maximum Gasteiger partial charge on any atom is 0.339 e. The highest BCUT2D eigenvalue weighted by Gasteiger charge is 2.36. The topological polar surface area (TPSA) is 79.5 Å². The second-order valence-electron chi connectivity index (χ2n) is 7.32. The van der Waals surface area contributed by atoms with Gasteiger partial charge in [0.1, 0.15) is 29.8 Å². The first-order valence-electron chi connectivity index (χ1n) is 8.94. The zero-order chi connectivity index (χ0) is 19.8. The summed E-state index contributed by atoms with van der Waals surface area (Å²) in [5.74, 6) is 0.556. The summed E-state index contributed by atoms with van der Waals surface area (Å²) in [6.45, 7) is 7.69. The number of carbonyl (C=O) groups excluding carboxylic acids is 1. The van der Waals surface area contributed by atoms with E-state index in [0.717, 1.165) is 34.4 Å². The standard InChI is InChI=1S/C22H23NO4/c1-13-14(2)20-17(15(3)19(13)24)9-10-22(4,27-20)12-26-21(25)18-8-6-5-7-16(18)11-23/h5-8,24H,9-10,12H2,1-4H3. The van der Waals surface area contributed by atoms with E-state index in [2.05, 4.69) is 0 Å². The van der Waals surface area contributed by atoms with Gasteiger partial charge in [0.05, 0.1) is 11.1 Å². The van der Waals surface area contributed by atoms with E-state index >= 15 is 0 Å². The summed E-state index contributed by atoms with van der Waals surface area (Å²) in [5, 5.41) is 19.4. The first-order chi connectivity index (χ1) is 12.8. The van der Waals surface area contributed by atoms with Crippen molar-refractivity contribution in [2.45, 2.75) is 46.1 Å². The number of phenolic OH excluding ortho intramolecular Hbond substituents is 1. The van der Waals surface area contributed by atoms with Gasteiger partial charge in [-0.05, 0) is 69.4 Å². The van der Waals surface area contributed by atoms with Gasteiger partial charge in [-0.3, -0.25) is 0 Å². The summed E-state index contributed by atoms with van der Waals surface area (Å²) >= 11 is 0. The first kappa shape index (κ1) is 18.8. The number of nitrogens with zero attached hydrogens (tertiary/aromatic N) is 1. The van der Waals surface area contributed by atoms with Gasteiger partial charge in [0.15, 0.2) is 0 Å². The molecule has 0 saturated heterocycles. The van der Waals surface area contributed by atoms with Crippen LogP contribution in [0.2, 0.25) is 0 Å². The Labute approximate surface area is 159 Å². The minimum Gasteiger partial charge on any atom is -0.507 e. The number of aromatic hydroxyl groups is 1. The van der Waals surface area contributed by atoms with Crippen LogP contribution in [-0.2, 0) is 11.2 Å². The van der Waals surface area contributed by atoms with Crippen molar-refractivity contribution in [2.75, 3.05) is 6.61 Å². The van der Waals surface area contributed by atoms with Gasteiger partial charge in [-0.1, -0.05) is 12.1 Å². The molecular weight excluding hydrogens is 342 g/mol. The van der Waals surface area contributed by atoms with Crippen molar-refractivity contribution in [3.8, 4) is 17.6 Å². The molecule has 1 unspecified atom stereocenters.